The highest BCUT2D eigenvalue weighted by atomic mass is 35.5. The third-order valence-corrected chi connectivity index (χ3v) is 4.40. The lowest BCUT2D eigenvalue weighted by Gasteiger charge is -2.18. The van der Waals surface area contributed by atoms with Crippen LogP contribution in [-0.4, -0.2) is 11.7 Å². The van der Waals surface area contributed by atoms with Crippen molar-refractivity contribution in [3.05, 3.63) is 107 Å². The van der Waals surface area contributed by atoms with Crippen LogP contribution in [0, 0.1) is 5.82 Å². The van der Waals surface area contributed by atoms with E-state index in [0.29, 0.717) is 22.2 Å². The second-order valence-corrected chi connectivity index (χ2v) is 6.44. The number of carbonyl (C=O) groups is 1. The predicted octanol–water partition coefficient (Wildman–Crippen LogP) is 5.31. The van der Waals surface area contributed by atoms with Crippen molar-refractivity contribution in [3.8, 4) is 0 Å². The van der Waals surface area contributed by atoms with E-state index in [9.17, 15) is 9.18 Å². The van der Waals surface area contributed by atoms with Gasteiger partial charge in [0.05, 0.1) is 5.69 Å². The van der Waals surface area contributed by atoms with Crippen LogP contribution in [0.25, 0.3) is 6.08 Å². The standard InChI is InChI=1S/C22H14ClFN2O/c23-17-8-6-15(7-9-17)14-20-22(27)26(19-12-10-18(24)11-13-19)21(25-20)16-4-2-1-3-5-16/h1-14H/b20-14-. The Balaban J connectivity index is 1.80. The Morgan fingerprint density at radius 3 is 2.22 bits per heavy atom. The van der Waals surface area contributed by atoms with E-state index in [1.165, 1.54) is 17.0 Å². The Morgan fingerprint density at radius 1 is 0.889 bits per heavy atom. The smallest absolute Gasteiger partial charge is 0.266 e. The Morgan fingerprint density at radius 2 is 1.56 bits per heavy atom. The SMILES string of the molecule is O=C1/C(=C/c2ccc(Cl)cc2)N=C(c2ccccc2)N1c1ccc(F)cc1. The zero-order valence-electron chi connectivity index (χ0n) is 14.1. The van der Waals surface area contributed by atoms with Crippen LogP contribution < -0.4 is 4.90 Å². The van der Waals surface area contributed by atoms with Gasteiger partial charge in [-0.05, 0) is 48.0 Å². The topological polar surface area (TPSA) is 32.7 Å². The van der Waals surface area contributed by atoms with Crippen LogP contribution in [0.15, 0.2) is 89.6 Å². The molecule has 0 fully saturated rings. The number of nitrogens with zero attached hydrogens (tertiary/aromatic N) is 2. The monoisotopic (exact) mass is 376 g/mol. The molecule has 3 aromatic rings. The summed E-state index contributed by atoms with van der Waals surface area (Å²) in [6, 6.07) is 22.4. The maximum atomic E-state index is 13.3. The van der Waals surface area contributed by atoms with Crippen molar-refractivity contribution in [1.29, 1.82) is 0 Å². The van der Waals surface area contributed by atoms with Crippen molar-refractivity contribution >= 4 is 35.1 Å². The van der Waals surface area contributed by atoms with Gasteiger partial charge in [0.1, 0.15) is 17.3 Å². The van der Waals surface area contributed by atoms with Crippen LogP contribution in [0.3, 0.4) is 0 Å². The van der Waals surface area contributed by atoms with Crippen LogP contribution in [0.2, 0.25) is 5.02 Å². The second-order valence-electron chi connectivity index (χ2n) is 6.00. The maximum absolute atomic E-state index is 13.3. The van der Waals surface area contributed by atoms with Gasteiger partial charge in [0.2, 0.25) is 0 Å². The molecule has 27 heavy (non-hydrogen) atoms. The summed E-state index contributed by atoms with van der Waals surface area (Å²) in [5.41, 5.74) is 2.48. The minimum absolute atomic E-state index is 0.268. The molecule has 1 aliphatic rings. The molecule has 1 aliphatic heterocycles. The van der Waals surface area contributed by atoms with E-state index in [0.717, 1.165) is 11.1 Å². The zero-order chi connectivity index (χ0) is 18.8. The number of carbonyl (C=O) groups excluding carboxylic acids is 1. The van der Waals surface area contributed by atoms with Crippen molar-refractivity contribution in [3.63, 3.8) is 0 Å². The van der Waals surface area contributed by atoms with Crippen LogP contribution in [0.5, 0.6) is 0 Å². The van der Waals surface area contributed by atoms with Gasteiger partial charge in [-0.2, -0.15) is 0 Å². The van der Waals surface area contributed by atoms with Gasteiger partial charge in [0.15, 0.2) is 0 Å². The van der Waals surface area contributed by atoms with E-state index in [1.807, 2.05) is 42.5 Å². The van der Waals surface area contributed by atoms with E-state index in [1.54, 1.807) is 30.3 Å². The van der Waals surface area contributed by atoms with Gasteiger partial charge in [-0.1, -0.05) is 54.1 Å². The van der Waals surface area contributed by atoms with Gasteiger partial charge in [-0.15, -0.1) is 0 Å². The molecule has 3 nitrogen and oxygen atoms in total. The molecule has 0 aromatic heterocycles. The van der Waals surface area contributed by atoms with E-state index in [-0.39, 0.29) is 11.7 Å². The largest absolute Gasteiger partial charge is 0.282 e. The van der Waals surface area contributed by atoms with Crippen LogP contribution in [-0.2, 0) is 4.79 Å². The van der Waals surface area contributed by atoms with Gasteiger partial charge in [-0.3, -0.25) is 9.69 Å². The summed E-state index contributed by atoms with van der Waals surface area (Å²) in [6.07, 6.45) is 1.71. The van der Waals surface area contributed by atoms with Crippen LogP contribution in [0.4, 0.5) is 10.1 Å². The van der Waals surface area contributed by atoms with E-state index in [4.69, 9.17) is 11.6 Å². The summed E-state index contributed by atoms with van der Waals surface area (Å²) in [5.74, 6) is -0.122. The highest BCUT2D eigenvalue weighted by molar-refractivity contribution is 6.33. The molecule has 1 amide bonds. The molecule has 1 heterocycles. The van der Waals surface area contributed by atoms with Crippen molar-refractivity contribution in [2.75, 3.05) is 4.90 Å². The lowest BCUT2D eigenvalue weighted by molar-refractivity contribution is -0.113. The van der Waals surface area contributed by atoms with Gasteiger partial charge in [-0.25, -0.2) is 9.38 Å². The number of hydrogen-bond donors (Lipinski definition) is 0. The summed E-state index contributed by atoms with van der Waals surface area (Å²) in [6.45, 7) is 0. The van der Waals surface area contributed by atoms with Gasteiger partial charge < -0.3 is 0 Å². The number of hydrogen-bond acceptors (Lipinski definition) is 2. The minimum atomic E-state index is -0.361. The fourth-order valence-corrected chi connectivity index (χ4v) is 2.97. The average molecular weight is 377 g/mol. The van der Waals surface area contributed by atoms with Crippen molar-refractivity contribution in [2.45, 2.75) is 0 Å². The average Bonchev–Trinajstić information content (AvgIpc) is 3.01. The maximum Gasteiger partial charge on any atom is 0.282 e. The fraction of sp³-hybridized carbons (Fsp3) is 0. The number of rotatable bonds is 3. The summed E-state index contributed by atoms with van der Waals surface area (Å²) in [7, 11) is 0. The number of anilines is 1. The molecule has 0 atom stereocenters. The van der Waals surface area contributed by atoms with Gasteiger partial charge in [0.25, 0.3) is 5.91 Å². The lowest BCUT2D eigenvalue weighted by atomic mass is 10.1. The molecule has 0 saturated carbocycles. The van der Waals surface area contributed by atoms with Gasteiger partial charge >= 0.3 is 0 Å². The normalized spacial score (nSPS) is 15.3. The Hall–Kier alpha value is -3.24. The summed E-state index contributed by atoms with van der Waals surface area (Å²) in [5, 5.41) is 0.622. The molecular formula is C22H14ClFN2O. The van der Waals surface area contributed by atoms with Crippen molar-refractivity contribution < 1.29 is 9.18 Å². The highest BCUT2D eigenvalue weighted by Crippen LogP contribution is 2.28. The first-order chi connectivity index (χ1) is 13.1. The summed E-state index contributed by atoms with van der Waals surface area (Å²) >= 11 is 5.92. The first kappa shape index (κ1) is 17.2. The molecule has 5 heteroatoms. The van der Waals surface area contributed by atoms with Crippen molar-refractivity contribution in [1.82, 2.24) is 0 Å². The molecule has 0 radical (unpaired) electrons. The number of aliphatic imine (C=N–C) groups is 1. The van der Waals surface area contributed by atoms with Gasteiger partial charge in [0, 0.05) is 10.6 Å². The molecule has 0 spiro atoms. The Bertz CT molecular complexity index is 1040. The first-order valence-corrected chi connectivity index (χ1v) is 8.71. The quantitative estimate of drug-likeness (QED) is 0.570. The molecule has 132 valence electrons. The van der Waals surface area contributed by atoms with Crippen molar-refractivity contribution in [2.24, 2.45) is 4.99 Å². The number of amidine groups is 1. The summed E-state index contributed by atoms with van der Waals surface area (Å²) < 4.78 is 13.3. The summed E-state index contributed by atoms with van der Waals surface area (Å²) in [4.78, 5) is 19.1. The van der Waals surface area contributed by atoms with Crippen LogP contribution in [0.1, 0.15) is 11.1 Å². The molecular weight excluding hydrogens is 363 g/mol. The zero-order valence-corrected chi connectivity index (χ0v) is 14.9. The number of halogens is 2. The lowest BCUT2D eigenvalue weighted by Crippen LogP contribution is -2.32. The second kappa shape index (κ2) is 7.17. The van der Waals surface area contributed by atoms with E-state index >= 15 is 0 Å². The number of benzene rings is 3. The minimum Gasteiger partial charge on any atom is -0.266 e. The third-order valence-electron chi connectivity index (χ3n) is 4.15. The first-order valence-electron chi connectivity index (χ1n) is 8.33. The highest BCUT2D eigenvalue weighted by Gasteiger charge is 2.32. The van der Waals surface area contributed by atoms with E-state index < -0.39 is 0 Å². The molecule has 0 unspecified atom stereocenters. The van der Waals surface area contributed by atoms with E-state index in [2.05, 4.69) is 4.99 Å². The number of amides is 1. The molecule has 3 aromatic carbocycles. The third kappa shape index (κ3) is 3.52. The molecule has 0 bridgehead atoms. The predicted molar refractivity (Wildman–Crippen MR) is 106 cm³/mol. The Labute approximate surface area is 161 Å². The molecule has 0 saturated heterocycles. The molecule has 4 rings (SSSR count). The molecule has 0 aliphatic carbocycles. The van der Waals surface area contributed by atoms with Crippen LogP contribution >= 0.6 is 11.6 Å². The molecule has 0 N–H and O–H groups in total. The Kier molecular flexibility index (Phi) is 4.57. The fourth-order valence-electron chi connectivity index (χ4n) is 2.84.